The number of nitrogens with two attached hydrogens (primary N) is 2. The zero-order valence-electron chi connectivity index (χ0n) is 22.6. The summed E-state index contributed by atoms with van der Waals surface area (Å²) in [5.74, 6) is 2.66. The van der Waals surface area contributed by atoms with Gasteiger partial charge in [0.15, 0.2) is 5.78 Å². The minimum absolute atomic E-state index is 0.0640. The molecule has 1 heterocycles. The van der Waals surface area contributed by atoms with Crippen molar-refractivity contribution in [3.63, 3.8) is 0 Å². The van der Waals surface area contributed by atoms with E-state index in [1.165, 1.54) is 6.42 Å². The maximum Gasteiger partial charge on any atom is 0.182 e. The molecule has 1 aromatic heterocycles. The third-order valence-corrected chi connectivity index (χ3v) is 10.9. The molecule has 0 bridgehead atoms. The average Bonchev–Trinajstić information content (AvgIpc) is 3.33. The molecule has 3 fully saturated rings. The Balaban J connectivity index is 1.45. The van der Waals surface area contributed by atoms with E-state index in [2.05, 4.69) is 62.6 Å². The molecule has 0 aliphatic heterocycles. The first kappa shape index (κ1) is 25.0. The van der Waals surface area contributed by atoms with Crippen molar-refractivity contribution in [3.05, 3.63) is 36.0 Å². The molecular formula is C31H47N3O. The van der Waals surface area contributed by atoms with E-state index < -0.39 is 0 Å². The van der Waals surface area contributed by atoms with Crippen LogP contribution in [0.1, 0.15) is 96.0 Å². The molecule has 0 radical (unpaired) electrons. The summed E-state index contributed by atoms with van der Waals surface area (Å²) in [6, 6.07) is 10.5. The summed E-state index contributed by atoms with van der Waals surface area (Å²) in [4.78, 5) is 14.0. The molecule has 3 aliphatic carbocycles. The maximum absolute atomic E-state index is 14.0. The third kappa shape index (κ3) is 3.65. The molecule has 4 heteroatoms. The van der Waals surface area contributed by atoms with Crippen molar-refractivity contribution >= 4 is 16.7 Å². The van der Waals surface area contributed by atoms with Crippen LogP contribution in [-0.2, 0) is 7.05 Å². The van der Waals surface area contributed by atoms with Gasteiger partial charge >= 0.3 is 0 Å². The van der Waals surface area contributed by atoms with E-state index in [0.29, 0.717) is 29.5 Å². The Kier molecular flexibility index (Phi) is 6.24. The first-order valence-corrected chi connectivity index (χ1v) is 14.2. The van der Waals surface area contributed by atoms with Crippen molar-refractivity contribution in [2.24, 2.45) is 53.5 Å². The van der Waals surface area contributed by atoms with Crippen LogP contribution in [0.4, 0.5) is 0 Å². The largest absolute Gasteiger partial charge is 0.341 e. The van der Waals surface area contributed by atoms with Gasteiger partial charge in [0.2, 0.25) is 0 Å². The third-order valence-electron chi connectivity index (χ3n) is 10.9. The van der Waals surface area contributed by atoms with E-state index in [9.17, 15) is 4.79 Å². The van der Waals surface area contributed by atoms with Crippen LogP contribution in [0.5, 0.6) is 0 Å². The number of aromatic nitrogens is 1. The van der Waals surface area contributed by atoms with Gasteiger partial charge in [0, 0.05) is 34.9 Å². The van der Waals surface area contributed by atoms with Gasteiger partial charge in [-0.15, -0.1) is 0 Å². The summed E-state index contributed by atoms with van der Waals surface area (Å²) in [7, 11) is 2.05. The molecule has 5 rings (SSSR count). The van der Waals surface area contributed by atoms with Gasteiger partial charge in [0.1, 0.15) is 0 Å². The van der Waals surface area contributed by atoms with Gasteiger partial charge in [-0.05, 0) is 92.6 Å². The van der Waals surface area contributed by atoms with Crippen LogP contribution >= 0.6 is 0 Å². The number of para-hydroxylation sites is 1. The lowest BCUT2D eigenvalue weighted by atomic mass is 9.46. The van der Waals surface area contributed by atoms with Crippen molar-refractivity contribution in [1.82, 2.24) is 4.57 Å². The minimum atomic E-state index is -0.297. The summed E-state index contributed by atoms with van der Waals surface area (Å²) < 4.78 is 2.11. The van der Waals surface area contributed by atoms with Crippen molar-refractivity contribution in [1.29, 1.82) is 0 Å². The molecule has 0 saturated heterocycles. The highest BCUT2D eigenvalue weighted by Gasteiger charge is 2.63. The Hall–Kier alpha value is -1.65. The SMILES string of the molecule is CCC[C@]1(N)C2CC[C@@]3(C)C(CC[C@@H]3C(=O)c3cc4ccccc4n3C)[C@@H]2CC[C@]1(N)CC(C)C. The van der Waals surface area contributed by atoms with Crippen molar-refractivity contribution in [2.45, 2.75) is 96.6 Å². The van der Waals surface area contributed by atoms with Gasteiger partial charge in [-0.2, -0.15) is 0 Å². The zero-order chi connectivity index (χ0) is 25.2. The van der Waals surface area contributed by atoms with Crippen LogP contribution < -0.4 is 11.5 Å². The summed E-state index contributed by atoms with van der Waals surface area (Å²) in [5.41, 5.74) is 16.2. The second kappa shape index (κ2) is 8.73. The molecule has 3 aliphatic rings. The van der Waals surface area contributed by atoms with E-state index in [1.807, 2.05) is 7.05 Å². The Labute approximate surface area is 212 Å². The number of carbonyl (C=O) groups is 1. The number of nitrogens with zero attached hydrogens (tertiary/aromatic N) is 1. The standard InChI is InChI=1S/C31H47N3O/c1-6-15-31(33)24-14-16-29(4)23(22(24)13-17-30(31,32)19-20(2)3)11-12-25(29)28(35)27-18-21-9-7-8-10-26(21)34(27)5/h7-10,18,20,22-25H,6,11-17,19,32-33H2,1-5H3/t22-,23?,24?,25+,29-,30-,31-/m0/s1. The lowest BCUT2D eigenvalue weighted by Crippen LogP contribution is -2.74. The number of hydrogen-bond acceptors (Lipinski definition) is 3. The fourth-order valence-corrected chi connectivity index (χ4v) is 9.36. The number of Topliss-reactive ketones (excluding diaryl/α,β-unsaturated/α-hetero) is 1. The van der Waals surface area contributed by atoms with Crippen molar-refractivity contribution < 1.29 is 4.79 Å². The molecule has 7 atom stereocenters. The highest BCUT2D eigenvalue weighted by atomic mass is 16.1. The number of ketones is 1. The monoisotopic (exact) mass is 477 g/mol. The zero-order valence-corrected chi connectivity index (χ0v) is 22.6. The van der Waals surface area contributed by atoms with Gasteiger partial charge in [0.05, 0.1) is 5.69 Å². The maximum atomic E-state index is 14.0. The Bertz CT molecular complexity index is 1100. The quantitative estimate of drug-likeness (QED) is 0.469. The molecule has 1 aromatic carbocycles. The highest BCUT2D eigenvalue weighted by molar-refractivity contribution is 6.02. The molecule has 192 valence electrons. The van der Waals surface area contributed by atoms with Gasteiger partial charge in [-0.1, -0.05) is 52.3 Å². The Morgan fingerprint density at radius 3 is 2.51 bits per heavy atom. The Morgan fingerprint density at radius 2 is 1.83 bits per heavy atom. The predicted molar refractivity (Wildman–Crippen MR) is 145 cm³/mol. The topological polar surface area (TPSA) is 74.0 Å². The van der Waals surface area contributed by atoms with E-state index in [0.717, 1.165) is 68.0 Å². The molecule has 0 spiro atoms. The van der Waals surface area contributed by atoms with Crippen LogP contribution in [0, 0.1) is 35.0 Å². The van der Waals surface area contributed by atoms with E-state index >= 15 is 0 Å². The molecule has 0 amide bonds. The number of fused-ring (bicyclic) bond motifs is 4. The summed E-state index contributed by atoms with van der Waals surface area (Å²) in [6.45, 7) is 9.26. The second-order valence-corrected chi connectivity index (χ2v) is 13.1. The second-order valence-electron chi connectivity index (χ2n) is 13.1. The number of hydrogen-bond donors (Lipinski definition) is 2. The number of aryl methyl sites for hydroxylation is 1. The number of benzene rings is 1. The Morgan fingerprint density at radius 1 is 1.09 bits per heavy atom. The highest BCUT2D eigenvalue weighted by Crippen LogP contribution is 2.64. The van der Waals surface area contributed by atoms with Gasteiger partial charge in [-0.3, -0.25) is 4.79 Å². The van der Waals surface area contributed by atoms with Gasteiger partial charge < -0.3 is 16.0 Å². The normalized spacial score (nSPS) is 39.1. The van der Waals surface area contributed by atoms with Gasteiger partial charge in [-0.25, -0.2) is 0 Å². The van der Waals surface area contributed by atoms with E-state index in [4.69, 9.17) is 11.5 Å². The first-order valence-electron chi connectivity index (χ1n) is 14.2. The molecule has 4 N–H and O–H groups in total. The predicted octanol–water partition coefficient (Wildman–Crippen LogP) is 6.45. The smallest absolute Gasteiger partial charge is 0.182 e. The van der Waals surface area contributed by atoms with Crippen molar-refractivity contribution in [2.75, 3.05) is 0 Å². The fraction of sp³-hybridized carbons (Fsp3) is 0.710. The van der Waals surface area contributed by atoms with Crippen LogP contribution in [0.2, 0.25) is 0 Å². The first-order chi connectivity index (χ1) is 16.6. The van der Waals surface area contributed by atoms with Crippen LogP contribution in [-0.4, -0.2) is 21.4 Å². The molecule has 35 heavy (non-hydrogen) atoms. The molecule has 4 nitrogen and oxygen atoms in total. The van der Waals surface area contributed by atoms with Crippen LogP contribution in [0.25, 0.3) is 10.9 Å². The van der Waals surface area contributed by atoms with Crippen molar-refractivity contribution in [3.8, 4) is 0 Å². The van der Waals surface area contributed by atoms with E-state index in [-0.39, 0.29) is 22.4 Å². The summed E-state index contributed by atoms with van der Waals surface area (Å²) in [5, 5.41) is 1.16. The number of rotatable bonds is 6. The average molecular weight is 478 g/mol. The minimum Gasteiger partial charge on any atom is -0.341 e. The summed E-state index contributed by atoms with van der Waals surface area (Å²) in [6.07, 6.45) is 9.68. The molecular weight excluding hydrogens is 430 g/mol. The fourth-order valence-electron chi connectivity index (χ4n) is 9.36. The lowest BCUT2D eigenvalue weighted by molar-refractivity contribution is -0.0759. The van der Waals surface area contributed by atoms with Crippen LogP contribution in [0.15, 0.2) is 30.3 Å². The summed E-state index contributed by atoms with van der Waals surface area (Å²) >= 11 is 0. The molecule has 2 unspecified atom stereocenters. The molecule has 2 aromatic rings. The van der Waals surface area contributed by atoms with Crippen LogP contribution in [0.3, 0.4) is 0 Å². The van der Waals surface area contributed by atoms with Gasteiger partial charge in [0.25, 0.3) is 0 Å². The molecule has 3 saturated carbocycles. The van der Waals surface area contributed by atoms with E-state index in [1.54, 1.807) is 0 Å². The number of carbonyl (C=O) groups excluding carboxylic acids is 1. The lowest BCUT2D eigenvalue weighted by Gasteiger charge is -2.62.